The minimum Gasteiger partial charge on any atom is -0.354 e. The van der Waals surface area contributed by atoms with E-state index in [-0.39, 0.29) is 6.04 Å². The molecule has 2 aliphatic rings. The summed E-state index contributed by atoms with van der Waals surface area (Å²) >= 11 is 12.8. The molecule has 2 aromatic heterocycles. The van der Waals surface area contributed by atoms with E-state index in [0.29, 0.717) is 46.8 Å². The number of aromatic nitrogens is 2. The monoisotopic (exact) mass is 432 g/mol. The molecule has 4 heterocycles. The molecule has 27 heavy (non-hydrogen) atoms. The van der Waals surface area contributed by atoms with Gasteiger partial charge in [0.05, 0.1) is 29.1 Å². The molecule has 0 aromatic carbocycles. The van der Waals surface area contributed by atoms with Crippen molar-refractivity contribution >= 4 is 45.1 Å². The van der Waals surface area contributed by atoms with Crippen molar-refractivity contribution in [2.45, 2.75) is 13.0 Å². The second-order valence-electron chi connectivity index (χ2n) is 6.79. The lowest BCUT2D eigenvalue weighted by molar-refractivity contribution is 0.0158. The van der Waals surface area contributed by atoms with Crippen LogP contribution < -0.4 is 10.7 Å². The molecule has 0 saturated carbocycles. The van der Waals surface area contributed by atoms with Crippen LogP contribution in [0.5, 0.6) is 0 Å². The Balaban J connectivity index is 1.84. The summed E-state index contributed by atoms with van der Waals surface area (Å²) < 4.78 is 21.9. The molecule has 2 aliphatic heterocycles. The average molecular weight is 433 g/mol. The van der Waals surface area contributed by atoms with Gasteiger partial charge in [-0.3, -0.25) is 24.4 Å². The molecular weight excluding hydrogens is 411 g/mol. The van der Waals surface area contributed by atoms with Crippen LogP contribution in [-0.4, -0.2) is 59.8 Å². The van der Waals surface area contributed by atoms with Crippen molar-refractivity contribution in [3.63, 3.8) is 0 Å². The van der Waals surface area contributed by atoms with Gasteiger partial charge in [-0.05, 0) is 19.1 Å². The molecule has 0 aliphatic carbocycles. The average Bonchev–Trinajstić information content (AvgIpc) is 3.21. The fourth-order valence-electron chi connectivity index (χ4n) is 3.63. The number of fused-ring (bicyclic) bond motifs is 1. The Morgan fingerprint density at radius 1 is 1.26 bits per heavy atom. The van der Waals surface area contributed by atoms with Crippen molar-refractivity contribution < 1.29 is 9.11 Å². The minimum absolute atomic E-state index is 0.0888. The van der Waals surface area contributed by atoms with Crippen molar-refractivity contribution in [3.8, 4) is 0 Å². The van der Waals surface area contributed by atoms with E-state index in [1.165, 1.54) is 0 Å². The van der Waals surface area contributed by atoms with Gasteiger partial charge in [0.1, 0.15) is 17.7 Å². The Morgan fingerprint density at radius 2 is 1.96 bits per heavy atom. The lowest BCUT2D eigenvalue weighted by Crippen LogP contribution is -2.43. The second kappa shape index (κ2) is 7.00. The zero-order chi connectivity index (χ0) is 19.3. The first-order valence-corrected chi connectivity index (χ1v) is 11.2. The number of halogens is 2. The van der Waals surface area contributed by atoms with Crippen LogP contribution >= 0.6 is 33.8 Å². The molecule has 0 bridgehead atoms. The van der Waals surface area contributed by atoms with Gasteiger partial charge in [-0.1, -0.05) is 23.2 Å². The minimum atomic E-state index is -2.51. The van der Waals surface area contributed by atoms with Gasteiger partial charge in [0.15, 0.2) is 5.15 Å². The highest BCUT2D eigenvalue weighted by Crippen LogP contribution is 2.44. The zero-order valence-electron chi connectivity index (χ0n) is 14.8. The summed E-state index contributed by atoms with van der Waals surface area (Å²) in [5.74, 6) is 7.64. The van der Waals surface area contributed by atoms with E-state index in [1.54, 1.807) is 11.4 Å². The highest BCUT2D eigenvalue weighted by Gasteiger charge is 2.30. The molecule has 1 atom stereocenters. The van der Waals surface area contributed by atoms with Gasteiger partial charge in [0, 0.05) is 24.9 Å². The molecule has 2 aromatic rings. The maximum Gasteiger partial charge on any atom is 0.156 e. The van der Waals surface area contributed by atoms with Gasteiger partial charge in [0.25, 0.3) is 0 Å². The number of imidazole rings is 1. The van der Waals surface area contributed by atoms with E-state index in [0.717, 1.165) is 11.4 Å². The lowest BCUT2D eigenvalue weighted by atomic mass is 10.1. The van der Waals surface area contributed by atoms with Gasteiger partial charge >= 0.3 is 0 Å². The Labute approximate surface area is 169 Å². The topological polar surface area (TPSA) is 93.5 Å². The first-order chi connectivity index (χ1) is 12.8. The van der Waals surface area contributed by atoms with Crippen molar-refractivity contribution in [1.82, 2.24) is 19.5 Å². The largest absolute Gasteiger partial charge is 0.354 e. The van der Waals surface area contributed by atoms with Gasteiger partial charge in [-0.25, -0.2) is 4.98 Å². The van der Waals surface area contributed by atoms with E-state index in [2.05, 4.69) is 9.88 Å². The number of hydrogen-bond acceptors (Lipinski definition) is 7. The highest BCUT2D eigenvalue weighted by molar-refractivity contribution is 8.24. The number of nitrogens with zero attached hydrogens (tertiary/aromatic N) is 5. The summed E-state index contributed by atoms with van der Waals surface area (Å²) in [5.41, 5.74) is 1.60. The van der Waals surface area contributed by atoms with Gasteiger partial charge in [0.2, 0.25) is 0 Å². The molecule has 1 saturated heterocycles. The van der Waals surface area contributed by atoms with Crippen LogP contribution in [0.1, 0.15) is 18.5 Å². The molecule has 8 nitrogen and oxygen atoms in total. The third-order valence-corrected chi connectivity index (χ3v) is 7.33. The first-order valence-electron chi connectivity index (χ1n) is 8.59. The molecule has 4 N–H and O–H groups in total. The van der Waals surface area contributed by atoms with E-state index in [4.69, 9.17) is 29.0 Å². The lowest BCUT2D eigenvalue weighted by Gasteiger charge is -2.43. The number of hydrazine groups is 2. The number of nitrogens with two attached hydrogens (primary N) is 1. The Morgan fingerprint density at radius 3 is 2.59 bits per heavy atom. The quantitative estimate of drug-likeness (QED) is 0.640. The summed E-state index contributed by atoms with van der Waals surface area (Å²) in [6.45, 7) is 3.73. The van der Waals surface area contributed by atoms with Gasteiger partial charge < -0.3 is 4.90 Å². The Hall–Kier alpha value is -1.20. The van der Waals surface area contributed by atoms with Crippen LogP contribution in [0.15, 0.2) is 24.7 Å². The van der Waals surface area contributed by atoms with Crippen molar-refractivity contribution in [2.75, 3.05) is 36.0 Å². The SMILES string of the molecule is CC(c1cc(Cl)c2c(Cl)ncn2c1N1CCS(O)(O)CC1)N1C=CCN1N. The summed E-state index contributed by atoms with van der Waals surface area (Å²) in [6.07, 6.45) is 5.59. The van der Waals surface area contributed by atoms with Crippen LogP contribution in [0.4, 0.5) is 5.82 Å². The van der Waals surface area contributed by atoms with Crippen molar-refractivity contribution in [1.29, 1.82) is 0 Å². The Kier molecular flexibility index (Phi) is 4.96. The standard InChI is InChI=1S/C16H22Cl2N6O2S/c1-11(23-3-2-4-24(23)19)12-9-13(17)14-15(18)20-10-22(14)16(12)21-5-7-27(25,26)8-6-21/h2-3,9-11,25-26H,4-8,19H2,1H3. The normalized spacial score (nSPS) is 22.6. The predicted molar refractivity (Wildman–Crippen MR) is 110 cm³/mol. The van der Waals surface area contributed by atoms with Crippen LogP contribution in [0, 0.1) is 0 Å². The smallest absolute Gasteiger partial charge is 0.156 e. The summed E-state index contributed by atoms with van der Waals surface area (Å²) in [6, 6.07) is 1.81. The number of pyridine rings is 1. The van der Waals surface area contributed by atoms with Crippen LogP contribution in [-0.2, 0) is 0 Å². The number of hydrogen-bond donors (Lipinski definition) is 3. The first kappa shape index (κ1) is 19.1. The maximum absolute atomic E-state index is 10.00. The van der Waals surface area contributed by atoms with Gasteiger partial charge in [-0.15, -0.1) is 0 Å². The fraction of sp³-hybridized carbons (Fsp3) is 0.438. The predicted octanol–water partition coefficient (Wildman–Crippen LogP) is 3.19. The second-order valence-corrected chi connectivity index (χ2v) is 9.97. The van der Waals surface area contributed by atoms with Crippen LogP contribution in [0.25, 0.3) is 5.52 Å². The van der Waals surface area contributed by atoms with Crippen molar-refractivity contribution in [3.05, 3.63) is 40.4 Å². The molecule has 4 rings (SSSR count). The van der Waals surface area contributed by atoms with E-state index < -0.39 is 10.6 Å². The molecule has 0 radical (unpaired) electrons. The summed E-state index contributed by atoms with van der Waals surface area (Å²) in [4.78, 5) is 6.35. The maximum atomic E-state index is 10.00. The molecule has 0 spiro atoms. The van der Waals surface area contributed by atoms with Crippen LogP contribution in [0.2, 0.25) is 10.2 Å². The Bertz CT molecular complexity index is 895. The zero-order valence-corrected chi connectivity index (χ0v) is 17.1. The number of rotatable bonds is 3. The van der Waals surface area contributed by atoms with Crippen molar-refractivity contribution in [2.24, 2.45) is 5.84 Å². The number of anilines is 1. The third-order valence-electron chi connectivity index (χ3n) is 5.09. The summed E-state index contributed by atoms with van der Waals surface area (Å²) in [7, 11) is -2.51. The van der Waals surface area contributed by atoms with E-state index >= 15 is 0 Å². The molecule has 11 heteroatoms. The highest BCUT2D eigenvalue weighted by atomic mass is 35.5. The molecular formula is C16H22Cl2N6O2S. The van der Waals surface area contributed by atoms with Crippen LogP contribution in [0.3, 0.4) is 0 Å². The molecule has 1 fully saturated rings. The fourth-order valence-corrected chi connectivity index (χ4v) is 5.44. The van der Waals surface area contributed by atoms with E-state index in [1.807, 2.05) is 34.7 Å². The molecule has 0 amide bonds. The molecule has 1 unspecified atom stereocenters. The third kappa shape index (κ3) is 3.38. The molecule has 148 valence electrons. The van der Waals surface area contributed by atoms with Gasteiger partial charge in [-0.2, -0.15) is 15.7 Å². The summed E-state index contributed by atoms with van der Waals surface area (Å²) in [5, 5.41) is 4.43. The van der Waals surface area contributed by atoms with E-state index in [9.17, 15) is 9.11 Å².